The number of rotatable bonds is 4. The third kappa shape index (κ3) is 4.82. The van der Waals surface area contributed by atoms with E-state index in [0.29, 0.717) is 35.7 Å². The second kappa shape index (κ2) is 9.23. The Bertz CT molecular complexity index is 1350. The molecule has 3 heterocycles. The van der Waals surface area contributed by atoms with Crippen LogP contribution in [0, 0.1) is 5.82 Å². The Morgan fingerprint density at radius 1 is 0.943 bits per heavy atom. The van der Waals surface area contributed by atoms with Gasteiger partial charge in [-0.05, 0) is 23.8 Å². The van der Waals surface area contributed by atoms with Crippen molar-refractivity contribution in [1.29, 1.82) is 0 Å². The molecule has 35 heavy (non-hydrogen) atoms. The molecule has 2 aromatic carbocycles. The summed E-state index contributed by atoms with van der Waals surface area (Å²) in [5.41, 5.74) is 3.67. The van der Waals surface area contributed by atoms with Crippen LogP contribution in [-0.4, -0.2) is 56.5 Å². The van der Waals surface area contributed by atoms with Gasteiger partial charge in [-0.1, -0.05) is 63.2 Å². The molecule has 5 rings (SSSR count). The first-order valence-electron chi connectivity index (χ1n) is 12.0. The Balaban J connectivity index is 1.44. The van der Waals surface area contributed by atoms with Crippen molar-refractivity contribution in [2.24, 2.45) is 0 Å². The maximum Gasteiger partial charge on any atom is 0.272 e. The van der Waals surface area contributed by atoms with Crippen LogP contribution in [0.4, 0.5) is 4.39 Å². The lowest BCUT2D eigenvalue weighted by molar-refractivity contribution is 0.0623. The maximum absolute atomic E-state index is 14.8. The smallest absolute Gasteiger partial charge is 0.272 e. The molecule has 2 aromatic heterocycles. The van der Waals surface area contributed by atoms with E-state index in [2.05, 4.69) is 42.8 Å². The molecule has 180 valence electrons. The zero-order valence-electron chi connectivity index (χ0n) is 20.4. The van der Waals surface area contributed by atoms with Crippen molar-refractivity contribution in [1.82, 2.24) is 24.4 Å². The van der Waals surface area contributed by atoms with Crippen molar-refractivity contribution in [2.75, 3.05) is 26.2 Å². The average Bonchev–Trinajstić information content (AvgIpc) is 3.30. The van der Waals surface area contributed by atoms with Crippen LogP contribution in [0.1, 0.15) is 42.5 Å². The molecule has 1 saturated heterocycles. The molecule has 7 heteroatoms. The standard InChI is InChI=1S/C28H30FN5O/c1-28(2,3)25-18-26-30-23(17-24(34(26)31-25)21-11-7-8-12-22(21)29)27(35)33-15-13-32(14-16-33)19-20-9-5-4-6-10-20/h4-12,17-18H,13-16,19H2,1-3H3. The van der Waals surface area contributed by atoms with Crippen LogP contribution in [0.3, 0.4) is 0 Å². The van der Waals surface area contributed by atoms with Gasteiger partial charge < -0.3 is 4.90 Å². The first-order chi connectivity index (χ1) is 16.8. The summed E-state index contributed by atoms with van der Waals surface area (Å²) < 4.78 is 16.4. The number of halogens is 1. The molecule has 4 aromatic rings. The molecule has 0 bridgehead atoms. The fourth-order valence-electron chi connectivity index (χ4n) is 4.42. The van der Waals surface area contributed by atoms with Crippen LogP contribution in [-0.2, 0) is 12.0 Å². The number of hydrogen-bond donors (Lipinski definition) is 0. The molecule has 1 fully saturated rings. The summed E-state index contributed by atoms with van der Waals surface area (Å²) in [5, 5.41) is 4.72. The van der Waals surface area contributed by atoms with Crippen LogP contribution in [0.25, 0.3) is 16.9 Å². The summed E-state index contributed by atoms with van der Waals surface area (Å²) in [6, 6.07) is 20.5. The number of carbonyl (C=O) groups excluding carboxylic acids is 1. The van der Waals surface area contributed by atoms with Crippen molar-refractivity contribution in [3.63, 3.8) is 0 Å². The Labute approximate surface area is 205 Å². The van der Waals surface area contributed by atoms with E-state index in [1.165, 1.54) is 11.6 Å². The first-order valence-corrected chi connectivity index (χ1v) is 12.0. The van der Waals surface area contributed by atoms with E-state index in [4.69, 9.17) is 5.10 Å². The minimum Gasteiger partial charge on any atom is -0.335 e. The van der Waals surface area contributed by atoms with Crippen LogP contribution >= 0.6 is 0 Å². The molecule has 0 atom stereocenters. The van der Waals surface area contributed by atoms with E-state index >= 15 is 0 Å². The predicted molar refractivity (Wildman–Crippen MR) is 135 cm³/mol. The largest absolute Gasteiger partial charge is 0.335 e. The molecular formula is C28H30FN5O. The van der Waals surface area contributed by atoms with Crippen molar-refractivity contribution in [3.8, 4) is 11.3 Å². The van der Waals surface area contributed by atoms with Gasteiger partial charge in [0.2, 0.25) is 0 Å². The highest BCUT2D eigenvalue weighted by atomic mass is 19.1. The summed E-state index contributed by atoms with van der Waals surface area (Å²) >= 11 is 0. The lowest BCUT2D eigenvalue weighted by Crippen LogP contribution is -2.48. The van der Waals surface area contributed by atoms with Crippen LogP contribution in [0.15, 0.2) is 66.7 Å². The highest BCUT2D eigenvalue weighted by Crippen LogP contribution is 2.28. The molecule has 1 aliphatic heterocycles. The molecule has 0 saturated carbocycles. The minimum atomic E-state index is -0.360. The predicted octanol–water partition coefficient (Wildman–Crippen LogP) is 4.79. The Morgan fingerprint density at radius 3 is 2.31 bits per heavy atom. The van der Waals surface area contributed by atoms with E-state index in [1.54, 1.807) is 28.8 Å². The van der Waals surface area contributed by atoms with Crippen LogP contribution < -0.4 is 0 Å². The average molecular weight is 472 g/mol. The van der Waals surface area contributed by atoms with E-state index in [9.17, 15) is 9.18 Å². The fourth-order valence-corrected chi connectivity index (χ4v) is 4.42. The molecule has 0 aliphatic carbocycles. The number of nitrogens with zero attached hydrogens (tertiary/aromatic N) is 5. The van der Waals surface area contributed by atoms with Crippen molar-refractivity contribution in [2.45, 2.75) is 32.7 Å². The van der Waals surface area contributed by atoms with Gasteiger partial charge in [0.05, 0.1) is 11.4 Å². The summed E-state index contributed by atoms with van der Waals surface area (Å²) in [6.45, 7) is 9.92. The molecule has 0 N–H and O–H groups in total. The molecule has 0 radical (unpaired) electrons. The molecule has 6 nitrogen and oxygen atoms in total. The van der Waals surface area contributed by atoms with E-state index < -0.39 is 0 Å². The lowest BCUT2D eigenvalue weighted by Gasteiger charge is -2.34. The zero-order chi connectivity index (χ0) is 24.6. The van der Waals surface area contributed by atoms with Crippen LogP contribution in [0.5, 0.6) is 0 Å². The number of fused-ring (bicyclic) bond motifs is 1. The fraction of sp³-hybridized carbons (Fsp3) is 0.321. The second-order valence-corrected chi connectivity index (χ2v) is 10.1. The van der Waals surface area contributed by atoms with Gasteiger partial charge in [-0.3, -0.25) is 9.69 Å². The highest BCUT2D eigenvalue weighted by Gasteiger charge is 2.26. The van der Waals surface area contributed by atoms with E-state index in [1.807, 2.05) is 29.2 Å². The summed E-state index contributed by atoms with van der Waals surface area (Å²) in [6.07, 6.45) is 0. The number of carbonyl (C=O) groups is 1. The highest BCUT2D eigenvalue weighted by molar-refractivity contribution is 5.94. The minimum absolute atomic E-state index is 0.136. The van der Waals surface area contributed by atoms with Crippen molar-refractivity contribution >= 4 is 11.6 Å². The van der Waals surface area contributed by atoms with Crippen LogP contribution in [0.2, 0.25) is 0 Å². The normalized spacial score (nSPS) is 15.0. The molecule has 0 spiro atoms. The molecule has 1 aliphatic rings. The Kier molecular flexibility index (Phi) is 6.11. The molecule has 1 amide bonds. The lowest BCUT2D eigenvalue weighted by atomic mass is 9.93. The first kappa shape index (κ1) is 23.2. The topological polar surface area (TPSA) is 53.7 Å². The van der Waals surface area contributed by atoms with Gasteiger partial charge in [-0.15, -0.1) is 0 Å². The number of benzene rings is 2. The summed E-state index contributed by atoms with van der Waals surface area (Å²) in [7, 11) is 0. The monoisotopic (exact) mass is 471 g/mol. The summed E-state index contributed by atoms with van der Waals surface area (Å²) in [5.74, 6) is -0.497. The second-order valence-electron chi connectivity index (χ2n) is 10.1. The number of hydrogen-bond acceptors (Lipinski definition) is 4. The van der Waals surface area contributed by atoms with Gasteiger partial charge in [0, 0.05) is 49.8 Å². The third-order valence-corrected chi connectivity index (χ3v) is 6.47. The number of piperazine rings is 1. The number of amides is 1. The van der Waals surface area contributed by atoms with Gasteiger partial charge in [-0.2, -0.15) is 5.10 Å². The van der Waals surface area contributed by atoms with Gasteiger partial charge in [0.15, 0.2) is 5.65 Å². The van der Waals surface area contributed by atoms with Crippen molar-refractivity contribution < 1.29 is 9.18 Å². The maximum atomic E-state index is 14.8. The van der Waals surface area contributed by atoms with Crippen molar-refractivity contribution in [3.05, 3.63) is 89.5 Å². The molecular weight excluding hydrogens is 441 g/mol. The van der Waals surface area contributed by atoms with Gasteiger partial charge >= 0.3 is 0 Å². The quantitative estimate of drug-likeness (QED) is 0.429. The van der Waals surface area contributed by atoms with E-state index in [0.717, 1.165) is 25.3 Å². The summed E-state index contributed by atoms with van der Waals surface area (Å²) in [4.78, 5) is 22.4. The van der Waals surface area contributed by atoms with Gasteiger partial charge in [0.1, 0.15) is 11.5 Å². The zero-order valence-corrected chi connectivity index (χ0v) is 20.4. The molecule has 0 unspecified atom stereocenters. The number of aromatic nitrogens is 3. The SMILES string of the molecule is CC(C)(C)c1cc2nc(C(=O)N3CCN(Cc4ccccc4)CC3)cc(-c3ccccc3F)n2n1. The Morgan fingerprint density at radius 2 is 1.63 bits per heavy atom. The Hall–Kier alpha value is -3.58. The van der Waals surface area contributed by atoms with E-state index in [-0.39, 0.29) is 17.1 Å². The third-order valence-electron chi connectivity index (χ3n) is 6.47. The van der Waals surface area contributed by atoms with Gasteiger partial charge in [-0.25, -0.2) is 13.9 Å². The van der Waals surface area contributed by atoms with Gasteiger partial charge in [0.25, 0.3) is 5.91 Å².